The average molecular weight is 345 g/mol. The van der Waals surface area contributed by atoms with Crippen LogP contribution >= 0.6 is 0 Å². The fourth-order valence-corrected chi connectivity index (χ4v) is 3.17. The molecule has 0 bridgehead atoms. The number of nitriles is 1. The first-order chi connectivity index (χ1) is 12.8. The van der Waals surface area contributed by atoms with E-state index in [1.54, 1.807) is 0 Å². The SMILES string of the molecule is CC#CC.N#CCC1CCN(Cc2ccc(-c3ccccc3)cc2)CC1. The maximum atomic E-state index is 8.78. The molecule has 0 aromatic heterocycles. The molecule has 1 fully saturated rings. The van der Waals surface area contributed by atoms with E-state index in [2.05, 4.69) is 71.3 Å². The molecule has 0 radical (unpaired) electrons. The van der Waals surface area contributed by atoms with Crippen LogP contribution in [0.4, 0.5) is 0 Å². The fourth-order valence-electron chi connectivity index (χ4n) is 3.17. The Balaban J connectivity index is 0.000000552. The number of hydrogen-bond donors (Lipinski definition) is 0. The van der Waals surface area contributed by atoms with E-state index in [1.165, 1.54) is 16.7 Å². The minimum atomic E-state index is 0.613. The van der Waals surface area contributed by atoms with Crippen molar-refractivity contribution in [3.63, 3.8) is 0 Å². The van der Waals surface area contributed by atoms with E-state index in [0.717, 1.165) is 38.9 Å². The fraction of sp³-hybridized carbons (Fsp3) is 0.375. The second-order valence-electron chi connectivity index (χ2n) is 6.64. The van der Waals surface area contributed by atoms with Gasteiger partial charge in [0, 0.05) is 13.0 Å². The van der Waals surface area contributed by atoms with E-state index < -0.39 is 0 Å². The molecular formula is C24H28N2. The molecule has 0 N–H and O–H groups in total. The molecule has 3 rings (SSSR count). The Morgan fingerprint density at radius 2 is 1.46 bits per heavy atom. The molecule has 0 spiro atoms. The minimum absolute atomic E-state index is 0.613. The molecular weight excluding hydrogens is 316 g/mol. The van der Waals surface area contributed by atoms with E-state index >= 15 is 0 Å². The first-order valence-corrected chi connectivity index (χ1v) is 9.34. The zero-order valence-corrected chi connectivity index (χ0v) is 15.9. The van der Waals surface area contributed by atoms with Crippen LogP contribution in [0.5, 0.6) is 0 Å². The number of piperidine rings is 1. The van der Waals surface area contributed by atoms with Crippen molar-refractivity contribution in [3.05, 3.63) is 60.2 Å². The number of benzene rings is 2. The molecule has 134 valence electrons. The summed E-state index contributed by atoms with van der Waals surface area (Å²) in [6.07, 6.45) is 3.05. The Labute approximate surface area is 158 Å². The van der Waals surface area contributed by atoms with Crippen molar-refractivity contribution in [1.82, 2.24) is 4.90 Å². The Bertz CT molecular complexity index is 731. The van der Waals surface area contributed by atoms with E-state index in [9.17, 15) is 0 Å². The maximum Gasteiger partial charge on any atom is 0.0624 e. The Kier molecular flexibility index (Phi) is 8.47. The lowest BCUT2D eigenvalue weighted by Crippen LogP contribution is -2.33. The monoisotopic (exact) mass is 344 g/mol. The quantitative estimate of drug-likeness (QED) is 0.684. The highest BCUT2D eigenvalue weighted by molar-refractivity contribution is 5.63. The van der Waals surface area contributed by atoms with Gasteiger partial charge in [-0.25, -0.2) is 0 Å². The second-order valence-corrected chi connectivity index (χ2v) is 6.64. The molecule has 0 aliphatic carbocycles. The van der Waals surface area contributed by atoms with Gasteiger partial charge in [0.2, 0.25) is 0 Å². The van der Waals surface area contributed by atoms with Crippen LogP contribution in [0, 0.1) is 29.1 Å². The summed E-state index contributed by atoms with van der Waals surface area (Å²) in [5.41, 5.74) is 3.92. The van der Waals surface area contributed by atoms with Gasteiger partial charge < -0.3 is 0 Å². The summed E-state index contributed by atoms with van der Waals surface area (Å²) in [6, 6.07) is 21.7. The molecule has 0 atom stereocenters. The van der Waals surface area contributed by atoms with Gasteiger partial charge in [0.1, 0.15) is 0 Å². The summed E-state index contributed by atoms with van der Waals surface area (Å²) >= 11 is 0. The number of rotatable bonds is 4. The standard InChI is InChI=1S/C20H22N2.C4H6/c21-13-10-17-11-14-22(15-12-17)16-18-6-8-20(9-7-18)19-4-2-1-3-5-19;1-3-4-2/h1-9,17H,10-12,14-16H2;1-2H3. The molecule has 0 unspecified atom stereocenters. The maximum absolute atomic E-state index is 8.78. The predicted molar refractivity (Wildman–Crippen MR) is 109 cm³/mol. The Hall–Kier alpha value is -2.55. The van der Waals surface area contributed by atoms with Gasteiger partial charge in [-0.3, -0.25) is 4.90 Å². The molecule has 26 heavy (non-hydrogen) atoms. The molecule has 2 heteroatoms. The summed E-state index contributed by atoms with van der Waals surface area (Å²) in [5.74, 6) is 5.97. The molecule has 2 aromatic rings. The first kappa shape index (κ1) is 19.8. The van der Waals surface area contributed by atoms with Gasteiger partial charge >= 0.3 is 0 Å². The summed E-state index contributed by atoms with van der Waals surface area (Å²) < 4.78 is 0. The third-order valence-corrected chi connectivity index (χ3v) is 4.80. The van der Waals surface area contributed by atoms with Gasteiger partial charge in [0.05, 0.1) is 6.07 Å². The summed E-state index contributed by atoms with van der Waals surface area (Å²) in [6.45, 7) is 6.90. The Morgan fingerprint density at radius 3 is 2.00 bits per heavy atom. The second kappa shape index (κ2) is 11.1. The van der Waals surface area contributed by atoms with Crippen LogP contribution in [0.1, 0.15) is 38.7 Å². The molecule has 2 aromatic carbocycles. The van der Waals surface area contributed by atoms with Crippen LogP contribution in [0.3, 0.4) is 0 Å². The van der Waals surface area contributed by atoms with Gasteiger partial charge in [-0.1, -0.05) is 54.6 Å². The Morgan fingerprint density at radius 1 is 0.885 bits per heavy atom. The number of hydrogen-bond acceptors (Lipinski definition) is 2. The lowest BCUT2D eigenvalue weighted by atomic mass is 9.94. The molecule has 1 heterocycles. The van der Waals surface area contributed by atoms with Gasteiger partial charge in [-0.2, -0.15) is 5.26 Å². The number of likely N-dealkylation sites (tertiary alicyclic amines) is 1. The molecule has 1 aliphatic heterocycles. The van der Waals surface area contributed by atoms with E-state index in [4.69, 9.17) is 5.26 Å². The molecule has 1 saturated heterocycles. The minimum Gasteiger partial charge on any atom is -0.299 e. The van der Waals surface area contributed by atoms with Gasteiger partial charge in [-0.15, -0.1) is 11.8 Å². The van der Waals surface area contributed by atoms with Crippen LogP contribution in [0.25, 0.3) is 11.1 Å². The largest absolute Gasteiger partial charge is 0.299 e. The summed E-state index contributed by atoms with van der Waals surface area (Å²) in [7, 11) is 0. The summed E-state index contributed by atoms with van der Waals surface area (Å²) in [5, 5.41) is 8.78. The lowest BCUT2D eigenvalue weighted by molar-refractivity contribution is 0.179. The van der Waals surface area contributed by atoms with Gasteiger partial charge in [0.15, 0.2) is 0 Å². The highest BCUT2D eigenvalue weighted by Gasteiger charge is 2.18. The van der Waals surface area contributed by atoms with Crippen molar-refractivity contribution >= 4 is 0 Å². The smallest absolute Gasteiger partial charge is 0.0624 e. The summed E-state index contributed by atoms with van der Waals surface area (Å²) in [4.78, 5) is 2.51. The molecule has 0 amide bonds. The van der Waals surface area contributed by atoms with Gasteiger partial charge in [-0.05, 0) is 62.4 Å². The predicted octanol–water partition coefficient (Wildman–Crippen LogP) is 5.51. The highest BCUT2D eigenvalue weighted by Crippen LogP contribution is 2.23. The van der Waals surface area contributed by atoms with Crippen molar-refractivity contribution in [2.75, 3.05) is 13.1 Å². The van der Waals surface area contributed by atoms with Crippen molar-refractivity contribution < 1.29 is 0 Å². The molecule has 1 aliphatic rings. The molecule has 0 saturated carbocycles. The first-order valence-electron chi connectivity index (χ1n) is 9.34. The van der Waals surface area contributed by atoms with Crippen LogP contribution in [-0.2, 0) is 6.54 Å². The van der Waals surface area contributed by atoms with E-state index in [-0.39, 0.29) is 0 Å². The van der Waals surface area contributed by atoms with Crippen LogP contribution in [0.2, 0.25) is 0 Å². The zero-order valence-electron chi connectivity index (χ0n) is 15.9. The topological polar surface area (TPSA) is 27.0 Å². The van der Waals surface area contributed by atoms with Crippen molar-refractivity contribution in [3.8, 4) is 29.0 Å². The van der Waals surface area contributed by atoms with Crippen molar-refractivity contribution in [1.29, 1.82) is 5.26 Å². The van der Waals surface area contributed by atoms with E-state index in [0.29, 0.717) is 5.92 Å². The van der Waals surface area contributed by atoms with Crippen LogP contribution in [-0.4, -0.2) is 18.0 Å². The number of nitrogens with zero attached hydrogens (tertiary/aromatic N) is 2. The lowest BCUT2D eigenvalue weighted by Gasteiger charge is -2.30. The van der Waals surface area contributed by atoms with E-state index in [1.807, 2.05) is 19.9 Å². The average Bonchev–Trinajstić information content (AvgIpc) is 2.71. The van der Waals surface area contributed by atoms with Crippen LogP contribution in [0.15, 0.2) is 54.6 Å². The normalized spacial score (nSPS) is 14.3. The third kappa shape index (κ3) is 6.40. The van der Waals surface area contributed by atoms with Gasteiger partial charge in [0.25, 0.3) is 0 Å². The zero-order chi connectivity index (χ0) is 18.6. The third-order valence-electron chi connectivity index (χ3n) is 4.80. The van der Waals surface area contributed by atoms with Crippen molar-refractivity contribution in [2.45, 2.75) is 39.7 Å². The highest BCUT2D eigenvalue weighted by atomic mass is 15.1. The van der Waals surface area contributed by atoms with Crippen LogP contribution < -0.4 is 0 Å². The van der Waals surface area contributed by atoms with Crippen molar-refractivity contribution in [2.24, 2.45) is 5.92 Å². The molecule has 2 nitrogen and oxygen atoms in total.